The van der Waals surface area contributed by atoms with Crippen molar-refractivity contribution in [2.75, 3.05) is 5.73 Å². The molecule has 0 radical (unpaired) electrons. The molecule has 2 aromatic heterocycles. The summed E-state index contributed by atoms with van der Waals surface area (Å²) >= 11 is 0. The van der Waals surface area contributed by atoms with Crippen molar-refractivity contribution in [2.45, 2.75) is 6.92 Å². The number of hydrogen-bond acceptors (Lipinski definition) is 8. The second kappa shape index (κ2) is 5.67. The molecule has 10 nitrogen and oxygen atoms in total. The van der Waals surface area contributed by atoms with E-state index in [2.05, 4.69) is 20.6 Å². The number of nitro groups is 1. The van der Waals surface area contributed by atoms with Crippen molar-refractivity contribution in [1.29, 1.82) is 0 Å². The first-order valence-electron chi connectivity index (χ1n) is 6.48. The molecule has 0 aliphatic carbocycles. The summed E-state index contributed by atoms with van der Waals surface area (Å²) in [5.41, 5.74) is 6.64. The highest BCUT2D eigenvalue weighted by Gasteiger charge is 2.18. The second-order valence-corrected chi connectivity index (χ2v) is 4.65. The fourth-order valence-corrected chi connectivity index (χ4v) is 1.95. The molecular formula is C13H11N7O3. The Morgan fingerprint density at radius 1 is 1.39 bits per heavy atom. The Bertz CT molecular complexity index is 897. The van der Waals surface area contributed by atoms with Crippen LogP contribution in [0.15, 0.2) is 39.9 Å². The van der Waals surface area contributed by atoms with E-state index < -0.39 is 4.92 Å². The predicted octanol–water partition coefficient (Wildman–Crippen LogP) is 1.61. The minimum atomic E-state index is -0.444. The largest absolute Gasteiger partial charge is 0.455 e. The second-order valence-electron chi connectivity index (χ2n) is 4.65. The van der Waals surface area contributed by atoms with Gasteiger partial charge in [-0.1, -0.05) is 16.0 Å². The number of anilines is 1. The minimum Gasteiger partial charge on any atom is -0.455 e. The molecule has 3 aromatic rings. The number of nitrogen functional groups attached to an aromatic ring is 1. The van der Waals surface area contributed by atoms with Crippen LogP contribution in [0.25, 0.3) is 11.3 Å². The molecule has 0 amide bonds. The van der Waals surface area contributed by atoms with Crippen LogP contribution in [-0.4, -0.2) is 31.5 Å². The van der Waals surface area contributed by atoms with Gasteiger partial charge in [-0.15, -0.1) is 0 Å². The first-order chi connectivity index (χ1) is 11.0. The van der Waals surface area contributed by atoms with E-state index in [1.54, 1.807) is 31.2 Å². The predicted molar refractivity (Wildman–Crippen MR) is 80.8 cm³/mol. The molecule has 2 heterocycles. The molecule has 0 spiro atoms. The molecule has 0 bridgehead atoms. The number of aryl methyl sites for hydroxylation is 1. The quantitative estimate of drug-likeness (QED) is 0.438. The summed E-state index contributed by atoms with van der Waals surface area (Å²) in [6, 6.07) is 8.17. The number of nitrogens with zero attached hydrogens (tertiary/aromatic N) is 6. The summed E-state index contributed by atoms with van der Waals surface area (Å²) in [5, 5.41) is 25.5. The van der Waals surface area contributed by atoms with E-state index >= 15 is 0 Å². The third-order valence-electron chi connectivity index (χ3n) is 3.01. The zero-order chi connectivity index (χ0) is 16.4. The zero-order valence-electron chi connectivity index (χ0n) is 11.9. The Hall–Kier alpha value is -3.56. The highest BCUT2D eigenvalue weighted by Crippen LogP contribution is 2.31. The molecule has 0 fully saturated rings. The van der Waals surface area contributed by atoms with Crippen LogP contribution in [0.2, 0.25) is 0 Å². The van der Waals surface area contributed by atoms with E-state index in [1.165, 1.54) is 12.3 Å². The van der Waals surface area contributed by atoms with Gasteiger partial charge in [0, 0.05) is 6.07 Å². The summed E-state index contributed by atoms with van der Waals surface area (Å²) in [6.45, 7) is 1.79. The van der Waals surface area contributed by atoms with Crippen LogP contribution in [0, 0.1) is 17.0 Å². The van der Waals surface area contributed by atoms with Gasteiger partial charge in [0.2, 0.25) is 0 Å². The van der Waals surface area contributed by atoms with Gasteiger partial charge in [-0.3, -0.25) is 10.1 Å². The molecule has 0 saturated heterocycles. The lowest BCUT2D eigenvalue weighted by atomic mass is 10.1. The van der Waals surface area contributed by atoms with E-state index in [9.17, 15) is 10.1 Å². The zero-order valence-corrected chi connectivity index (χ0v) is 11.9. The van der Waals surface area contributed by atoms with Gasteiger partial charge in [-0.2, -0.15) is 5.10 Å². The first-order valence-corrected chi connectivity index (χ1v) is 6.48. The Morgan fingerprint density at radius 3 is 2.91 bits per heavy atom. The van der Waals surface area contributed by atoms with Gasteiger partial charge in [-0.25, -0.2) is 0 Å². The van der Waals surface area contributed by atoms with E-state index in [1.807, 2.05) is 0 Å². The van der Waals surface area contributed by atoms with E-state index in [0.29, 0.717) is 17.1 Å². The molecule has 10 heteroatoms. The lowest BCUT2D eigenvalue weighted by Crippen LogP contribution is -1.99. The first kappa shape index (κ1) is 14.4. The van der Waals surface area contributed by atoms with E-state index in [0.717, 1.165) is 10.4 Å². The third-order valence-corrected chi connectivity index (χ3v) is 3.01. The molecule has 0 unspecified atom stereocenters. The third kappa shape index (κ3) is 2.90. The molecule has 116 valence electrons. The molecule has 0 saturated carbocycles. The number of rotatable bonds is 4. The average Bonchev–Trinajstić information content (AvgIpc) is 3.14. The highest BCUT2D eigenvalue weighted by atomic mass is 16.6. The van der Waals surface area contributed by atoms with Crippen molar-refractivity contribution < 1.29 is 9.34 Å². The van der Waals surface area contributed by atoms with Gasteiger partial charge >= 0.3 is 0 Å². The topological polar surface area (TPSA) is 138 Å². The van der Waals surface area contributed by atoms with Crippen LogP contribution < -0.4 is 5.73 Å². The molecule has 0 aliphatic rings. The number of hydrogen-bond donors (Lipinski definition) is 1. The van der Waals surface area contributed by atoms with Gasteiger partial charge in [0.15, 0.2) is 0 Å². The smallest absolute Gasteiger partial charge is 0.280 e. The lowest BCUT2D eigenvalue weighted by Gasteiger charge is -2.00. The van der Waals surface area contributed by atoms with Gasteiger partial charge in [0.25, 0.3) is 11.6 Å². The molecule has 0 atom stereocenters. The van der Waals surface area contributed by atoms with Crippen molar-refractivity contribution in [3.05, 3.63) is 51.8 Å². The maximum atomic E-state index is 11.2. The number of nitro benzene ring substituents is 1. The summed E-state index contributed by atoms with van der Waals surface area (Å²) < 4.78 is 5.56. The highest BCUT2D eigenvalue weighted by molar-refractivity contribution is 5.78. The SMILES string of the molecule is Cc1ccc(-c2ccc(C=Nn3nnnc3N)o2)c([N+](=O)[O-])c1. The summed E-state index contributed by atoms with van der Waals surface area (Å²) in [7, 11) is 0. The van der Waals surface area contributed by atoms with Gasteiger partial charge in [-0.05, 0) is 41.1 Å². The fourth-order valence-electron chi connectivity index (χ4n) is 1.95. The molecule has 0 aliphatic heterocycles. The number of benzene rings is 1. The maximum absolute atomic E-state index is 11.2. The number of nitrogens with two attached hydrogens (primary N) is 1. The summed E-state index contributed by atoms with van der Waals surface area (Å²) in [6.07, 6.45) is 1.36. The molecular weight excluding hydrogens is 302 g/mol. The van der Waals surface area contributed by atoms with Crippen LogP contribution in [0.5, 0.6) is 0 Å². The van der Waals surface area contributed by atoms with E-state index in [-0.39, 0.29) is 11.6 Å². The number of aromatic nitrogens is 4. The Morgan fingerprint density at radius 2 is 2.22 bits per heavy atom. The maximum Gasteiger partial charge on any atom is 0.280 e. The van der Waals surface area contributed by atoms with Gasteiger partial charge < -0.3 is 10.2 Å². The van der Waals surface area contributed by atoms with Crippen molar-refractivity contribution in [2.24, 2.45) is 5.10 Å². The Labute approximate surface area is 129 Å². The van der Waals surface area contributed by atoms with Crippen LogP contribution in [0.4, 0.5) is 11.6 Å². The number of furan rings is 1. The molecule has 1 aromatic carbocycles. The normalized spacial score (nSPS) is 11.2. The summed E-state index contributed by atoms with van der Waals surface area (Å²) in [5.74, 6) is 0.773. The monoisotopic (exact) mass is 313 g/mol. The number of tetrazole rings is 1. The lowest BCUT2D eigenvalue weighted by molar-refractivity contribution is -0.384. The Balaban J connectivity index is 1.92. The van der Waals surface area contributed by atoms with Crippen molar-refractivity contribution in [3.63, 3.8) is 0 Å². The van der Waals surface area contributed by atoms with Crippen molar-refractivity contribution >= 4 is 17.9 Å². The molecule has 23 heavy (non-hydrogen) atoms. The average molecular weight is 313 g/mol. The fraction of sp³-hybridized carbons (Fsp3) is 0.0769. The van der Waals surface area contributed by atoms with Crippen LogP contribution >= 0.6 is 0 Å². The van der Waals surface area contributed by atoms with E-state index in [4.69, 9.17) is 10.2 Å². The Kier molecular flexibility index (Phi) is 3.55. The van der Waals surface area contributed by atoms with Crippen LogP contribution in [0.1, 0.15) is 11.3 Å². The molecule has 3 rings (SSSR count). The molecule has 2 N–H and O–H groups in total. The van der Waals surface area contributed by atoms with Crippen LogP contribution in [0.3, 0.4) is 0 Å². The van der Waals surface area contributed by atoms with Crippen molar-refractivity contribution in [3.8, 4) is 11.3 Å². The van der Waals surface area contributed by atoms with Crippen molar-refractivity contribution in [1.82, 2.24) is 20.3 Å². The van der Waals surface area contributed by atoms with Crippen LogP contribution in [-0.2, 0) is 0 Å². The summed E-state index contributed by atoms with van der Waals surface area (Å²) in [4.78, 5) is 11.8. The standard InChI is InChI=1S/C13H11N7O3/c1-8-2-4-10(11(6-8)20(21)22)12-5-3-9(23-12)7-15-19-13(14)16-17-18-19/h2-7H,1H3,(H2,14,16,18). The van der Waals surface area contributed by atoms with Gasteiger partial charge in [0.05, 0.1) is 16.7 Å². The minimum absolute atomic E-state index is 0.0208. The van der Waals surface area contributed by atoms with Gasteiger partial charge in [0.1, 0.15) is 11.5 Å².